The summed E-state index contributed by atoms with van der Waals surface area (Å²) >= 11 is 0. The Morgan fingerprint density at radius 1 is 0.735 bits per heavy atom. The fourth-order valence-corrected chi connectivity index (χ4v) is 5.06. The molecule has 0 fully saturated rings. The van der Waals surface area contributed by atoms with Gasteiger partial charge in [0.1, 0.15) is 5.69 Å². The second-order valence-corrected chi connectivity index (χ2v) is 9.16. The van der Waals surface area contributed by atoms with E-state index in [-0.39, 0.29) is 24.2 Å². The second kappa shape index (κ2) is 12.3. The van der Waals surface area contributed by atoms with Crippen LogP contribution >= 0.6 is 0 Å². The summed E-state index contributed by atoms with van der Waals surface area (Å²) < 4.78 is 84.2. The van der Waals surface area contributed by atoms with E-state index >= 15 is 0 Å². The molecule has 34 heavy (non-hydrogen) atoms. The highest BCUT2D eigenvalue weighted by molar-refractivity contribution is 6.65. The highest BCUT2D eigenvalue weighted by atomic mass is 28.4. The van der Waals surface area contributed by atoms with Crippen LogP contribution in [-0.2, 0) is 27.7 Å². The van der Waals surface area contributed by atoms with Gasteiger partial charge < -0.3 is 19.0 Å². The van der Waals surface area contributed by atoms with Crippen LogP contribution < -0.4 is 10.6 Å². The van der Waals surface area contributed by atoms with Crippen molar-refractivity contribution in [3.63, 3.8) is 0 Å². The van der Waals surface area contributed by atoms with Gasteiger partial charge in [-0.05, 0) is 6.42 Å². The number of benzene rings is 1. The van der Waals surface area contributed by atoms with Gasteiger partial charge in [-0.1, -0.05) is 20.8 Å². The number of halogens is 5. The molecule has 1 aromatic carbocycles. The fourth-order valence-electron chi connectivity index (χ4n) is 2.57. The lowest BCUT2D eigenvalue weighted by Gasteiger charge is -2.28. The smallest absolute Gasteiger partial charge is 0.455 e. The zero-order valence-electron chi connectivity index (χ0n) is 18.5. The maximum absolute atomic E-state index is 14.2. The molecule has 15 heteroatoms. The van der Waals surface area contributed by atoms with Crippen LogP contribution in [0.2, 0.25) is 6.04 Å². The van der Waals surface area contributed by atoms with Crippen molar-refractivity contribution in [2.45, 2.75) is 52.5 Å². The van der Waals surface area contributed by atoms with Crippen molar-refractivity contribution in [3.8, 4) is 0 Å². The summed E-state index contributed by atoms with van der Waals surface area (Å²) in [6.45, 7) is 3.44. The van der Waals surface area contributed by atoms with Crippen molar-refractivity contribution in [2.75, 3.05) is 11.4 Å². The van der Waals surface area contributed by atoms with Crippen LogP contribution in [0.3, 0.4) is 0 Å². The molecular formula is C19H23F5N2O7Si. The molecule has 0 aliphatic heterocycles. The predicted molar refractivity (Wildman–Crippen MR) is 107 cm³/mol. The average molecular weight is 514 g/mol. The molecule has 0 bridgehead atoms. The first-order valence-electron chi connectivity index (χ1n) is 10.1. The van der Waals surface area contributed by atoms with Gasteiger partial charge in [0.05, 0.1) is 6.04 Å². The quantitative estimate of drug-likeness (QED) is 0.208. The number of rotatable bonds is 11. The van der Waals surface area contributed by atoms with Crippen LogP contribution in [0.5, 0.6) is 0 Å². The topological polar surface area (TPSA) is 125 Å². The molecule has 0 aliphatic rings. The lowest BCUT2D eigenvalue weighted by Crippen LogP contribution is -2.50. The van der Waals surface area contributed by atoms with E-state index in [1.807, 2.05) is 0 Å². The number of carbonyl (C=O) groups excluding carboxylic acids is 4. The van der Waals surface area contributed by atoms with Crippen LogP contribution in [-0.4, -0.2) is 39.3 Å². The van der Waals surface area contributed by atoms with Crippen molar-refractivity contribution in [2.24, 2.45) is 5.73 Å². The van der Waals surface area contributed by atoms with Gasteiger partial charge in [0.15, 0.2) is 23.3 Å². The molecular weight excluding hydrogens is 491 g/mol. The molecule has 2 amide bonds. The van der Waals surface area contributed by atoms with Gasteiger partial charge in [-0.2, -0.15) is 0 Å². The van der Waals surface area contributed by atoms with Gasteiger partial charge in [0, 0.05) is 25.8 Å². The second-order valence-electron chi connectivity index (χ2n) is 6.68. The molecule has 2 N–H and O–H groups in total. The molecule has 1 rings (SSSR count). The van der Waals surface area contributed by atoms with Crippen LogP contribution in [0.15, 0.2) is 0 Å². The van der Waals surface area contributed by atoms with Gasteiger partial charge in [-0.3, -0.25) is 19.3 Å². The predicted octanol–water partition coefficient (Wildman–Crippen LogP) is 3.46. The van der Waals surface area contributed by atoms with Crippen molar-refractivity contribution in [3.05, 3.63) is 29.1 Å². The maximum Gasteiger partial charge on any atom is 0.705 e. The molecule has 0 aromatic heterocycles. The van der Waals surface area contributed by atoms with E-state index < -0.39 is 86.5 Å². The zero-order chi connectivity index (χ0) is 26.2. The largest absolute Gasteiger partial charge is 0.705 e. The van der Waals surface area contributed by atoms with Crippen molar-refractivity contribution in [1.82, 2.24) is 0 Å². The van der Waals surface area contributed by atoms with Crippen LogP contribution in [0, 0.1) is 29.1 Å². The summed E-state index contributed by atoms with van der Waals surface area (Å²) in [7, 11) is -4.43. The first kappa shape index (κ1) is 28.8. The number of nitrogens with zero attached hydrogens (tertiary/aromatic N) is 1. The molecule has 1 aromatic rings. The first-order valence-corrected chi connectivity index (χ1v) is 12.0. The minimum absolute atomic E-state index is 0.0698. The van der Waals surface area contributed by atoms with E-state index in [1.54, 1.807) is 0 Å². The number of urea groups is 1. The maximum atomic E-state index is 14.2. The molecule has 0 aliphatic carbocycles. The Balaban J connectivity index is 3.33. The van der Waals surface area contributed by atoms with Crippen molar-refractivity contribution < 1.29 is 54.4 Å². The van der Waals surface area contributed by atoms with Gasteiger partial charge >= 0.3 is 14.8 Å². The lowest BCUT2D eigenvalue weighted by atomic mass is 10.2. The van der Waals surface area contributed by atoms with Gasteiger partial charge in [-0.15, -0.1) is 0 Å². The van der Waals surface area contributed by atoms with E-state index in [0.717, 1.165) is 0 Å². The molecule has 0 spiro atoms. The van der Waals surface area contributed by atoms with E-state index in [9.17, 15) is 41.1 Å². The Labute approximate surface area is 192 Å². The summed E-state index contributed by atoms with van der Waals surface area (Å²) in [5.41, 5.74) is 3.47. The summed E-state index contributed by atoms with van der Waals surface area (Å²) in [6, 6.07) is -2.10. The lowest BCUT2D eigenvalue weighted by molar-refractivity contribution is -0.150. The van der Waals surface area contributed by atoms with Gasteiger partial charge in [0.2, 0.25) is 5.82 Å². The first-order chi connectivity index (χ1) is 15.8. The number of amides is 2. The van der Waals surface area contributed by atoms with E-state index in [2.05, 4.69) is 0 Å². The van der Waals surface area contributed by atoms with E-state index in [0.29, 0.717) is 0 Å². The standard InChI is InChI=1S/C19H23F5N2O7Si/c1-4-10(27)31-34(32-11(28)5-2,33-12(29)6-3)9-7-8-26(19(25)30)18-16(23)14(21)13(20)15(22)17(18)24/h4-9H2,1-3H3,(H2,25,30). The van der Waals surface area contributed by atoms with Crippen LogP contribution in [0.4, 0.5) is 32.4 Å². The Kier molecular flexibility index (Phi) is 10.4. The third kappa shape index (κ3) is 6.88. The molecule has 9 nitrogen and oxygen atoms in total. The molecule has 0 heterocycles. The summed E-state index contributed by atoms with van der Waals surface area (Å²) in [4.78, 5) is 47.6. The highest BCUT2D eigenvalue weighted by Gasteiger charge is 2.52. The van der Waals surface area contributed by atoms with Crippen molar-refractivity contribution >= 4 is 38.4 Å². The third-order valence-electron chi connectivity index (χ3n) is 4.26. The number of carbonyl (C=O) groups is 4. The van der Waals surface area contributed by atoms with Gasteiger partial charge in [0.25, 0.3) is 17.9 Å². The van der Waals surface area contributed by atoms with Crippen molar-refractivity contribution in [1.29, 1.82) is 0 Å². The normalized spacial score (nSPS) is 11.1. The molecule has 0 saturated carbocycles. The minimum atomic E-state index is -4.43. The average Bonchev–Trinajstić information content (AvgIpc) is 2.79. The number of nitrogens with two attached hydrogens (primary N) is 1. The summed E-state index contributed by atoms with van der Waals surface area (Å²) in [5.74, 6) is -14.3. The van der Waals surface area contributed by atoms with Crippen LogP contribution in [0.25, 0.3) is 0 Å². The summed E-state index contributed by atoms with van der Waals surface area (Å²) in [6.07, 6.45) is -1.03. The molecule has 0 unspecified atom stereocenters. The zero-order valence-corrected chi connectivity index (χ0v) is 19.5. The highest BCUT2D eigenvalue weighted by Crippen LogP contribution is 2.31. The molecule has 0 atom stereocenters. The minimum Gasteiger partial charge on any atom is -0.455 e. The monoisotopic (exact) mass is 514 g/mol. The molecule has 0 radical (unpaired) electrons. The SMILES string of the molecule is CCC(=O)O[Si](CCCN(C(N)=O)c1c(F)c(F)c(F)c(F)c1F)(OC(=O)CC)OC(=O)CC. The number of hydrogen-bond donors (Lipinski definition) is 1. The van der Waals surface area contributed by atoms with Crippen LogP contribution in [0.1, 0.15) is 46.5 Å². The Bertz CT molecular complexity index is 889. The Morgan fingerprint density at radius 2 is 1.09 bits per heavy atom. The number of primary amides is 1. The third-order valence-corrected chi connectivity index (χ3v) is 6.84. The number of anilines is 1. The molecule has 190 valence electrons. The Hall–Kier alpha value is -3.23. The van der Waals surface area contributed by atoms with E-state index in [4.69, 9.17) is 19.0 Å². The van der Waals surface area contributed by atoms with E-state index in [1.165, 1.54) is 20.8 Å². The number of hydrogen-bond acceptors (Lipinski definition) is 7. The molecule has 0 saturated heterocycles. The fraction of sp³-hybridized carbons (Fsp3) is 0.474. The van der Waals surface area contributed by atoms with Gasteiger partial charge in [-0.25, -0.2) is 26.7 Å². The Morgan fingerprint density at radius 3 is 1.41 bits per heavy atom. The summed E-state index contributed by atoms with van der Waals surface area (Å²) in [5, 5.41) is 0.